The lowest BCUT2D eigenvalue weighted by Crippen LogP contribution is -2.54. The van der Waals surface area contributed by atoms with Gasteiger partial charge in [-0.2, -0.15) is 0 Å². The van der Waals surface area contributed by atoms with Crippen molar-refractivity contribution in [3.63, 3.8) is 0 Å². The van der Waals surface area contributed by atoms with Crippen molar-refractivity contribution in [2.75, 3.05) is 0 Å². The molecule has 3 aliphatic rings. The zero-order valence-electron chi connectivity index (χ0n) is 15.8. The molecule has 2 fully saturated rings. The molecule has 27 heavy (non-hydrogen) atoms. The topological polar surface area (TPSA) is 46.5 Å². The third-order valence-corrected chi connectivity index (χ3v) is 8.64. The van der Waals surface area contributed by atoms with Gasteiger partial charge < -0.3 is 9.84 Å². The number of fused-ring (bicyclic) bond motifs is 7. The Morgan fingerprint density at radius 1 is 1.22 bits per heavy atom. The van der Waals surface area contributed by atoms with E-state index >= 15 is 0 Å². The second-order valence-corrected chi connectivity index (χ2v) is 9.71. The zero-order valence-corrected chi connectivity index (χ0v) is 16.6. The Morgan fingerprint density at radius 3 is 2.74 bits per heavy atom. The van der Waals surface area contributed by atoms with Gasteiger partial charge in [0.15, 0.2) is 0 Å². The largest absolute Gasteiger partial charge is 0.486 e. The van der Waals surface area contributed by atoms with Crippen LogP contribution in [0.15, 0.2) is 29.6 Å². The van der Waals surface area contributed by atoms with Crippen LogP contribution >= 0.6 is 11.3 Å². The van der Waals surface area contributed by atoms with Crippen molar-refractivity contribution in [1.82, 2.24) is 0 Å². The number of hydrogen-bond donors (Lipinski definition) is 1. The summed E-state index contributed by atoms with van der Waals surface area (Å²) >= 11 is 1.21. The molecular weight excluding hydrogens is 356 g/mol. The lowest BCUT2D eigenvalue weighted by Gasteiger charge is -2.48. The number of carboxylic acid groups (broad SMARTS) is 1. The Morgan fingerprint density at radius 2 is 2.00 bits per heavy atom. The lowest BCUT2D eigenvalue weighted by atomic mass is 9.56. The van der Waals surface area contributed by atoms with E-state index < -0.39 is 5.97 Å². The molecule has 1 N–H and O–H groups in total. The lowest BCUT2D eigenvalue weighted by molar-refractivity contribution is -0.0260. The van der Waals surface area contributed by atoms with Gasteiger partial charge in [-0.3, -0.25) is 0 Å². The van der Waals surface area contributed by atoms with Crippen LogP contribution in [0, 0.1) is 23.2 Å². The fraction of sp³-hybridized carbons (Fsp3) is 0.435. The van der Waals surface area contributed by atoms with Crippen molar-refractivity contribution < 1.29 is 14.6 Å². The predicted molar refractivity (Wildman–Crippen MR) is 106 cm³/mol. The number of hydrogen-bond acceptors (Lipinski definition) is 3. The van der Waals surface area contributed by atoms with Crippen LogP contribution in [0.25, 0.3) is 0 Å². The van der Waals surface area contributed by atoms with Gasteiger partial charge in [-0.05, 0) is 61.8 Å². The molecule has 2 saturated carbocycles. The zero-order chi connectivity index (χ0) is 19.0. The average Bonchev–Trinajstić information content (AvgIpc) is 3.34. The maximum Gasteiger partial charge on any atom is 0.345 e. The molecule has 3 nitrogen and oxygen atoms in total. The van der Waals surface area contributed by atoms with Crippen molar-refractivity contribution in [3.05, 3.63) is 51.2 Å². The van der Waals surface area contributed by atoms with E-state index in [2.05, 4.69) is 44.7 Å². The van der Waals surface area contributed by atoms with Crippen molar-refractivity contribution >= 4 is 17.3 Å². The summed E-state index contributed by atoms with van der Waals surface area (Å²) in [7, 11) is 0. The summed E-state index contributed by atoms with van der Waals surface area (Å²) in [6.45, 7) is 7.10. The van der Waals surface area contributed by atoms with E-state index in [-0.39, 0.29) is 16.4 Å². The van der Waals surface area contributed by atoms with Crippen LogP contribution in [0.1, 0.15) is 66.4 Å². The number of carbonyl (C=O) groups is 1. The molecule has 0 radical (unpaired) electrons. The van der Waals surface area contributed by atoms with Gasteiger partial charge in [-0.15, -0.1) is 11.3 Å². The highest BCUT2D eigenvalue weighted by atomic mass is 32.1. The van der Waals surface area contributed by atoms with Crippen molar-refractivity contribution in [1.29, 1.82) is 0 Å². The van der Waals surface area contributed by atoms with Crippen LogP contribution in [0.2, 0.25) is 0 Å². The van der Waals surface area contributed by atoms with Gasteiger partial charge in [0.2, 0.25) is 0 Å². The first-order chi connectivity index (χ1) is 12.8. The fourth-order valence-corrected chi connectivity index (χ4v) is 6.60. The number of rotatable bonds is 1. The van der Waals surface area contributed by atoms with Gasteiger partial charge in [0.1, 0.15) is 16.2 Å². The van der Waals surface area contributed by atoms with Crippen molar-refractivity contribution in [2.45, 2.75) is 51.0 Å². The minimum atomic E-state index is -0.903. The van der Waals surface area contributed by atoms with E-state index in [1.165, 1.54) is 36.2 Å². The molecular formula is C23H22O3S. The molecule has 138 valence electrons. The molecule has 2 heterocycles. The normalized spacial score (nSPS) is 35.1. The number of thiophene rings is 1. The first-order valence-electron chi connectivity index (χ1n) is 9.44. The van der Waals surface area contributed by atoms with Gasteiger partial charge in [-0.1, -0.05) is 25.7 Å². The quantitative estimate of drug-likeness (QED) is 0.704. The Labute approximate surface area is 163 Å². The maximum absolute atomic E-state index is 11.0. The summed E-state index contributed by atoms with van der Waals surface area (Å²) in [5, 5.41) is 10.8. The van der Waals surface area contributed by atoms with E-state index in [4.69, 9.17) is 9.84 Å². The fourth-order valence-electron chi connectivity index (χ4n) is 5.92. The number of aromatic carboxylic acids is 1. The molecule has 0 spiro atoms. The molecule has 5 rings (SSSR count). The molecule has 2 aromatic rings. The number of carboxylic acids is 1. The van der Waals surface area contributed by atoms with Crippen molar-refractivity contribution in [3.8, 4) is 17.6 Å². The summed E-state index contributed by atoms with van der Waals surface area (Å²) in [4.78, 5) is 11.3. The Bertz CT molecular complexity index is 1040. The van der Waals surface area contributed by atoms with Crippen LogP contribution in [-0.4, -0.2) is 16.7 Å². The molecule has 1 aliphatic heterocycles. The van der Waals surface area contributed by atoms with Gasteiger partial charge in [-0.25, -0.2) is 4.79 Å². The van der Waals surface area contributed by atoms with Gasteiger partial charge >= 0.3 is 5.97 Å². The highest BCUT2D eigenvalue weighted by Gasteiger charge is 2.73. The first kappa shape index (κ1) is 16.9. The smallest absolute Gasteiger partial charge is 0.345 e. The Balaban J connectivity index is 1.54. The van der Waals surface area contributed by atoms with Crippen LogP contribution in [0.4, 0.5) is 0 Å². The third kappa shape index (κ3) is 2.01. The maximum atomic E-state index is 11.0. The second-order valence-electron chi connectivity index (χ2n) is 8.80. The molecule has 1 aromatic heterocycles. The minimum Gasteiger partial charge on any atom is -0.486 e. The third-order valence-electron chi connectivity index (χ3n) is 7.72. The van der Waals surface area contributed by atoms with Crippen LogP contribution < -0.4 is 4.74 Å². The summed E-state index contributed by atoms with van der Waals surface area (Å²) in [6, 6.07) is 7.90. The average molecular weight is 378 g/mol. The van der Waals surface area contributed by atoms with Gasteiger partial charge in [0, 0.05) is 27.5 Å². The van der Waals surface area contributed by atoms with Gasteiger partial charge in [0.05, 0.1) is 0 Å². The van der Waals surface area contributed by atoms with E-state index in [0.717, 1.165) is 16.9 Å². The van der Waals surface area contributed by atoms with Crippen molar-refractivity contribution in [2.24, 2.45) is 11.3 Å². The van der Waals surface area contributed by atoms with E-state index in [9.17, 15) is 4.79 Å². The Kier molecular flexibility index (Phi) is 3.24. The van der Waals surface area contributed by atoms with Crippen LogP contribution in [0.3, 0.4) is 0 Å². The minimum absolute atomic E-state index is 0.00873. The highest BCUT2D eigenvalue weighted by Crippen LogP contribution is 2.73. The molecule has 4 heteroatoms. The molecule has 2 aliphatic carbocycles. The molecule has 4 unspecified atom stereocenters. The molecule has 0 amide bonds. The summed E-state index contributed by atoms with van der Waals surface area (Å²) in [6.07, 6.45) is 3.75. The van der Waals surface area contributed by atoms with Gasteiger partial charge in [0.25, 0.3) is 0 Å². The standard InChI is InChI=1S/C23H22O3S/c1-21-9-8-16(12-21)23(3)22(21,2)17-10-14(6-7-18(17)26-23)4-5-15-11-19(20(24)25)27-13-15/h6-7,10-11,13,16H,8-9,12H2,1-3H3,(H,24,25). The van der Waals surface area contributed by atoms with Crippen LogP contribution in [-0.2, 0) is 5.41 Å². The molecule has 0 saturated heterocycles. The predicted octanol–water partition coefficient (Wildman–Crippen LogP) is 5.07. The molecule has 1 aromatic carbocycles. The summed E-state index contributed by atoms with van der Waals surface area (Å²) in [5.74, 6) is 7.05. The SMILES string of the molecule is CC12CCC(C1)C1(C)Oc3ccc(C#Cc4csc(C(=O)O)c4)cc3C21C. The summed E-state index contributed by atoms with van der Waals surface area (Å²) < 4.78 is 6.56. The molecule has 4 atom stereocenters. The van der Waals surface area contributed by atoms with Crippen LogP contribution in [0.5, 0.6) is 5.75 Å². The first-order valence-corrected chi connectivity index (χ1v) is 10.3. The highest BCUT2D eigenvalue weighted by molar-refractivity contribution is 7.12. The monoisotopic (exact) mass is 378 g/mol. The van der Waals surface area contributed by atoms with E-state index in [1.54, 1.807) is 11.4 Å². The number of ether oxygens (including phenoxy) is 1. The number of benzene rings is 1. The van der Waals surface area contributed by atoms with E-state index in [0.29, 0.717) is 10.8 Å². The molecule has 2 bridgehead atoms. The summed E-state index contributed by atoms with van der Waals surface area (Å²) in [5.41, 5.74) is 3.15. The van der Waals surface area contributed by atoms with E-state index in [1.807, 2.05) is 6.07 Å². The second kappa shape index (κ2) is 5.17. The Hall–Kier alpha value is -2.25.